The topological polar surface area (TPSA) is 122 Å². The molecule has 1 aromatic carbocycles. The van der Waals surface area contributed by atoms with E-state index < -0.39 is 18.5 Å². The third kappa shape index (κ3) is 3.86. The minimum Gasteiger partial charge on any atom is -0.452 e. The minimum absolute atomic E-state index is 0.213. The first-order valence-corrected chi connectivity index (χ1v) is 8.25. The molecule has 1 N–H and O–H groups in total. The van der Waals surface area contributed by atoms with Crippen molar-refractivity contribution < 1.29 is 14.3 Å². The number of aryl methyl sites for hydroxylation is 1. The number of nitrogens with zero attached hydrogens (tertiary/aromatic N) is 5. The first-order chi connectivity index (χ1) is 13.0. The smallest absolute Gasteiger partial charge is 0.342 e. The van der Waals surface area contributed by atoms with Crippen LogP contribution < -0.4 is 5.32 Å². The average Bonchev–Trinajstić information content (AvgIpc) is 3.14. The predicted molar refractivity (Wildman–Crippen MR) is 95.2 cm³/mol. The molecular formula is C17H13ClN6O3. The molecule has 3 rings (SSSR count). The number of nitriles is 1. The molecule has 0 fully saturated rings. The molecule has 2 aromatic heterocycles. The van der Waals surface area contributed by atoms with Gasteiger partial charge in [0.1, 0.15) is 12.4 Å². The molecule has 0 unspecified atom stereocenters. The van der Waals surface area contributed by atoms with Gasteiger partial charge in [-0.3, -0.25) is 4.79 Å². The quantitative estimate of drug-likeness (QED) is 0.667. The van der Waals surface area contributed by atoms with Crippen LogP contribution in [-0.4, -0.2) is 38.1 Å². The summed E-state index contributed by atoms with van der Waals surface area (Å²) in [5, 5.41) is 15.6. The van der Waals surface area contributed by atoms with Crippen LogP contribution in [0.15, 0.2) is 30.7 Å². The summed E-state index contributed by atoms with van der Waals surface area (Å²) < 4.78 is 6.52. The number of hydrogen-bond donors (Lipinski definition) is 1. The Morgan fingerprint density at radius 3 is 2.89 bits per heavy atom. The molecule has 0 aliphatic heterocycles. The number of carbonyl (C=O) groups is 2. The highest BCUT2D eigenvalue weighted by molar-refractivity contribution is 6.32. The molecule has 0 aliphatic rings. The van der Waals surface area contributed by atoms with Crippen LogP contribution in [0.5, 0.6) is 0 Å². The first-order valence-electron chi connectivity index (χ1n) is 7.87. The number of aromatic nitrogens is 4. The lowest BCUT2D eigenvalue weighted by Gasteiger charge is -2.10. The second-order valence-corrected chi connectivity index (χ2v) is 5.78. The summed E-state index contributed by atoms with van der Waals surface area (Å²) in [4.78, 5) is 32.3. The van der Waals surface area contributed by atoms with Gasteiger partial charge in [-0.2, -0.15) is 15.3 Å². The zero-order chi connectivity index (χ0) is 19.4. The Morgan fingerprint density at radius 1 is 1.37 bits per heavy atom. The lowest BCUT2D eigenvalue weighted by atomic mass is 10.2. The zero-order valence-electron chi connectivity index (χ0n) is 14.1. The van der Waals surface area contributed by atoms with E-state index in [0.29, 0.717) is 29.1 Å². The Morgan fingerprint density at radius 2 is 2.19 bits per heavy atom. The van der Waals surface area contributed by atoms with Gasteiger partial charge in [0.05, 0.1) is 21.8 Å². The molecule has 9 nitrogen and oxygen atoms in total. The lowest BCUT2D eigenvalue weighted by molar-refractivity contribution is -0.119. The fraction of sp³-hybridized carbons (Fsp3) is 0.176. The van der Waals surface area contributed by atoms with Gasteiger partial charge in [0.2, 0.25) is 0 Å². The van der Waals surface area contributed by atoms with Gasteiger partial charge >= 0.3 is 5.97 Å². The molecule has 0 atom stereocenters. The van der Waals surface area contributed by atoms with Crippen molar-refractivity contribution in [3.8, 4) is 6.07 Å². The fourth-order valence-corrected chi connectivity index (χ4v) is 2.65. The minimum atomic E-state index is -0.690. The number of rotatable bonds is 5. The largest absolute Gasteiger partial charge is 0.452 e. The molecule has 0 aliphatic carbocycles. The number of benzene rings is 1. The maximum absolute atomic E-state index is 12.3. The first kappa shape index (κ1) is 18.3. The van der Waals surface area contributed by atoms with Gasteiger partial charge < -0.3 is 10.1 Å². The molecule has 0 saturated carbocycles. The molecule has 0 bridgehead atoms. The molecular weight excluding hydrogens is 372 g/mol. The summed E-state index contributed by atoms with van der Waals surface area (Å²) in [6.07, 6.45) is 3.19. The van der Waals surface area contributed by atoms with Crippen molar-refractivity contribution in [3.63, 3.8) is 0 Å². The number of anilines is 1. The Kier molecular flexibility index (Phi) is 5.28. The second kappa shape index (κ2) is 7.80. The molecule has 0 radical (unpaired) electrons. The van der Waals surface area contributed by atoms with E-state index in [-0.39, 0.29) is 10.6 Å². The Labute approximate surface area is 158 Å². The SMILES string of the molecule is CCc1c(C(=O)OCC(=O)Nc2ccc(C#N)c(Cl)c2)cnc2ncnn12. The molecule has 2 heterocycles. The van der Waals surface area contributed by atoms with Crippen molar-refractivity contribution in [2.45, 2.75) is 13.3 Å². The van der Waals surface area contributed by atoms with Crippen LogP contribution >= 0.6 is 11.6 Å². The van der Waals surface area contributed by atoms with E-state index in [4.69, 9.17) is 21.6 Å². The fourth-order valence-electron chi connectivity index (χ4n) is 2.42. The number of nitrogens with one attached hydrogen (secondary N) is 1. The number of fused-ring (bicyclic) bond motifs is 1. The number of amides is 1. The highest BCUT2D eigenvalue weighted by Gasteiger charge is 2.18. The van der Waals surface area contributed by atoms with Crippen molar-refractivity contribution >= 4 is 34.9 Å². The van der Waals surface area contributed by atoms with Crippen molar-refractivity contribution in [3.05, 3.63) is 52.6 Å². The molecule has 136 valence electrons. The normalized spacial score (nSPS) is 10.4. The summed E-state index contributed by atoms with van der Waals surface area (Å²) in [5.74, 6) is -0.861. The second-order valence-electron chi connectivity index (χ2n) is 5.37. The summed E-state index contributed by atoms with van der Waals surface area (Å²) >= 11 is 5.91. The van der Waals surface area contributed by atoms with E-state index in [2.05, 4.69) is 20.4 Å². The van der Waals surface area contributed by atoms with Gasteiger partial charge in [-0.05, 0) is 24.6 Å². The van der Waals surface area contributed by atoms with E-state index in [0.717, 1.165) is 0 Å². The highest BCUT2D eigenvalue weighted by atomic mass is 35.5. The standard InChI is InChI=1S/C17H13ClN6O3/c1-2-14-12(7-20-17-21-9-22-24(14)17)16(26)27-8-15(25)23-11-4-3-10(6-19)13(18)5-11/h3-5,7,9H,2,8H2,1H3,(H,23,25). The molecule has 27 heavy (non-hydrogen) atoms. The van der Waals surface area contributed by atoms with Crippen LogP contribution in [0.3, 0.4) is 0 Å². The van der Waals surface area contributed by atoms with Crippen molar-refractivity contribution in [1.82, 2.24) is 19.6 Å². The third-order valence-electron chi connectivity index (χ3n) is 3.67. The van der Waals surface area contributed by atoms with Crippen molar-refractivity contribution in [1.29, 1.82) is 5.26 Å². The summed E-state index contributed by atoms with van der Waals surface area (Å²) in [5.41, 5.74) is 1.48. The molecule has 1 amide bonds. The molecule has 3 aromatic rings. The van der Waals surface area contributed by atoms with Gasteiger partial charge in [-0.15, -0.1) is 0 Å². The van der Waals surface area contributed by atoms with Crippen LogP contribution in [-0.2, 0) is 16.0 Å². The Balaban J connectivity index is 1.66. The highest BCUT2D eigenvalue weighted by Crippen LogP contribution is 2.20. The Hall–Kier alpha value is -3.51. The van der Waals surface area contributed by atoms with Gasteiger partial charge in [0.15, 0.2) is 6.61 Å². The Bertz CT molecular complexity index is 1070. The summed E-state index contributed by atoms with van der Waals surface area (Å²) in [6, 6.07) is 6.38. The molecule has 10 heteroatoms. The van der Waals surface area contributed by atoms with E-state index in [1.807, 2.05) is 13.0 Å². The van der Waals surface area contributed by atoms with Crippen LogP contribution in [0.1, 0.15) is 28.5 Å². The van der Waals surface area contributed by atoms with Crippen LogP contribution in [0, 0.1) is 11.3 Å². The monoisotopic (exact) mass is 384 g/mol. The number of ether oxygens (including phenoxy) is 1. The van der Waals surface area contributed by atoms with E-state index in [1.54, 1.807) is 0 Å². The maximum Gasteiger partial charge on any atom is 0.342 e. The van der Waals surface area contributed by atoms with Gasteiger partial charge in [0, 0.05) is 11.9 Å². The number of carbonyl (C=O) groups excluding carboxylic acids is 2. The van der Waals surface area contributed by atoms with Gasteiger partial charge in [0.25, 0.3) is 11.7 Å². The third-order valence-corrected chi connectivity index (χ3v) is 3.98. The summed E-state index contributed by atoms with van der Waals surface area (Å²) in [6.45, 7) is 1.36. The van der Waals surface area contributed by atoms with Crippen molar-refractivity contribution in [2.75, 3.05) is 11.9 Å². The summed E-state index contributed by atoms with van der Waals surface area (Å²) in [7, 11) is 0. The van der Waals surface area contributed by atoms with Crippen molar-refractivity contribution in [2.24, 2.45) is 0 Å². The van der Waals surface area contributed by atoms with E-state index in [1.165, 1.54) is 35.2 Å². The number of esters is 1. The van der Waals surface area contributed by atoms with E-state index in [9.17, 15) is 9.59 Å². The maximum atomic E-state index is 12.3. The lowest BCUT2D eigenvalue weighted by Crippen LogP contribution is -2.22. The number of hydrogen-bond acceptors (Lipinski definition) is 7. The number of halogens is 1. The van der Waals surface area contributed by atoms with E-state index >= 15 is 0 Å². The average molecular weight is 385 g/mol. The van der Waals surface area contributed by atoms with Gasteiger partial charge in [-0.1, -0.05) is 18.5 Å². The van der Waals surface area contributed by atoms with Gasteiger partial charge in [-0.25, -0.2) is 14.3 Å². The zero-order valence-corrected chi connectivity index (χ0v) is 14.9. The van der Waals surface area contributed by atoms with Crippen LogP contribution in [0.2, 0.25) is 5.02 Å². The molecule has 0 spiro atoms. The molecule has 0 saturated heterocycles. The van der Waals surface area contributed by atoms with Crippen LogP contribution in [0.4, 0.5) is 5.69 Å². The predicted octanol–water partition coefficient (Wildman–Crippen LogP) is 2.01. The van der Waals surface area contributed by atoms with Crippen LogP contribution in [0.25, 0.3) is 5.78 Å².